The molecule has 118 valence electrons. The molecule has 0 saturated carbocycles. The van der Waals surface area contributed by atoms with Crippen molar-refractivity contribution in [3.8, 4) is 11.1 Å². The van der Waals surface area contributed by atoms with Crippen LogP contribution < -0.4 is 0 Å². The van der Waals surface area contributed by atoms with Gasteiger partial charge in [0.2, 0.25) is 0 Å². The van der Waals surface area contributed by atoms with Crippen LogP contribution in [-0.4, -0.2) is 25.8 Å². The van der Waals surface area contributed by atoms with Gasteiger partial charge in [0.05, 0.1) is 5.39 Å². The molecule has 0 radical (unpaired) electrons. The summed E-state index contributed by atoms with van der Waals surface area (Å²) in [5.74, 6) is -0.860. The molecule has 3 aromatic rings. The van der Waals surface area contributed by atoms with E-state index in [-0.39, 0.29) is 0 Å². The summed E-state index contributed by atoms with van der Waals surface area (Å²) in [7, 11) is 0. The molecule has 3 rings (SSSR count). The van der Waals surface area contributed by atoms with Gasteiger partial charge in [-0.3, -0.25) is 4.79 Å². The Bertz CT molecular complexity index is 870. The fourth-order valence-corrected chi connectivity index (χ4v) is 4.12. The van der Waals surface area contributed by atoms with Crippen molar-refractivity contribution in [3.05, 3.63) is 41.5 Å². The number of carbonyl (C=O) groups is 1. The topological polar surface area (TPSA) is 63.1 Å². The summed E-state index contributed by atoms with van der Waals surface area (Å²) in [5, 5.41) is 13.1. The zero-order chi connectivity index (χ0) is 16.6. The molecule has 23 heavy (non-hydrogen) atoms. The fraction of sp³-hybridized carbons (Fsp3) is 0.235. The monoisotopic (exact) mass is 344 g/mol. The number of rotatable bonds is 4. The van der Waals surface area contributed by atoms with Gasteiger partial charge in [-0.15, -0.1) is 11.3 Å². The van der Waals surface area contributed by atoms with E-state index in [1.54, 1.807) is 25.2 Å². The zero-order valence-electron chi connectivity index (χ0n) is 13.0. The maximum atomic E-state index is 11.4. The highest BCUT2D eigenvalue weighted by molar-refractivity contribution is 8.01. The molecule has 0 saturated heterocycles. The minimum Gasteiger partial charge on any atom is -0.480 e. The number of fused-ring (bicyclic) bond motifs is 1. The molecule has 6 heteroatoms. The number of thiophene rings is 1. The third-order valence-corrected chi connectivity index (χ3v) is 5.64. The summed E-state index contributed by atoms with van der Waals surface area (Å²) in [4.78, 5) is 21.0. The van der Waals surface area contributed by atoms with Gasteiger partial charge >= 0.3 is 5.97 Å². The molecule has 0 aliphatic rings. The molecule has 2 aromatic heterocycles. The number of thioether (sulfide) groups is 1. The molecule has 4 nitrogen and oxygen atoms in total. The van der Waals surface area contributed by atoms with Crippen molar-refractivity contribution in [2.45, 2.75) is 30.5 Å². The molecule has 1 aromatic carbocycles. The molecule has 0 aliphatic carbocycles. The molecule has 0 aliphatic heterocycles. The second-order valence-electron chi connectivity index (χ2n) is 5.79. The number of aromatic nitrogens is 2. The van der Waals surface area contributed by atoms with Gasteiger partial charge < -0.3 is 5.11 Å². The van der Waals surface area contributed by atoms with Gasteiger partial charge in [-0.25, -0.2) is 9.97 Å². The molecular weight excluding hydrogens is 328 g/mol. The average molecular weight is 344 g/mol. The Balaban J connectivity index is 2.15. The van der Waals surface area contributed by atoms with E-state index in [0.29, 0.717) is 5.03 Å². The van der Waals surface area contributed by atoms with E-state index < -0.39 is 10.7 Å². The Labute approximate surface area is 142 Å². The number of nitrogens with zero attached hydrogens (tertiary/aromatic N) is 2. The van der Waals surface area contributed by atoms with E-state index in [0.717, 1.165) is 21.3 Å². The van der Waals surface area contributed by atoms with Gasteiger partial charge in [-0.05, 0) is 26.3 Å². The van der Waals surface area contributed by atoms with Crippen molar-refractivity contribution in [1.82, 2.24) is 9.97 Å². The maximum absolute atomic E-state index is 11.4. The van der Waals surface area contributed by atoms with Crippen LogP contribution in [0.25, 0.3) is 21.3 Å². The fourth-order valence-electron chi connectivity index (χ4n) is 2.16. The molecular formula is C17H16N2O2S2. The highest BCUT2D eigenvalue weighted by atomic mass is 32.2. The summed E-state index contributed by atoms with van der Waals surface area (Å²) in [5.41, 5.74) is 3.34. The predicted octanol–water partition coefficient (Wildman–Crippen LogP) is 4.62. The molecule has 0 fully saturated rings. The van der Waals surface area contributed by atoms with E-state index >= 15 is 0 Å². The van der Waals surface area contributed by atoms with Gasteiger partial charge in [0.1, 0.15) is 20.9 Å². The average Bonchev–Trinajstić information content (AvgIpc) is 2.93. The van der Waals surface area contributed by atoms with Crippen molar-refractivity contribution in [2.75, 3.05) is 0 Å². The quantitative estimate of drug-likeness (QED) is 0.552. The summed E-state index contributed by atoms with van der Waals surface area (Å²) in [6.45, 7) is 5.42. The van der Waals surface area contributed by atoms with Crippen LogP contribution in [0.15, 0.2) is 41.0 Å². The van der Waals surface area contributed by atoms with E-state index in [4.69, 9.17) is 0 Å². The minimum absolute atomic E-state index is 0.708. The van der Waals surface area contributed by atoms with Gasteiger partial charge in [0, 0.05) is 10.9 Å². The SMILES string of the molecule is Cc1ccc(-c2csc3ncnc(SC(C)(C)C(=O)O)c23)cc1. The number of benzene rings is 1. The predicted molar refractivity (Wildman–Crippen MR) is 95.2 cm³/mol. The zero-order valence-corrected chi connectivity index (χ0v) is 14.7. The van der Waals surface area contributed by atoms with Gasteiger partial charge in [-0.1, -0.05) is 41.6 Å². The van der Waals surface area contributed by atoms with E-state index in [1.165, 1.54) is 23.7 Å². The molecule has 0 spiro atoms. The summed E-state index contributed by atoms with van der Waals surface area (Å²) in [6.07, 6.45) is 1.50. The third kappa shape index (κ3) is 3.09. The van der Waals surface area contributed by atoms with Gasteiger partial charge in [0.25, 0.3) is 0 Å². The van der Waals surface area contributed by atoms with E-state index in [9.17, 15) is 9.90 Å². The van der Waals surface area contributed by atoms with Gasteiger partial charge in [-0.2, -0.15) is 0 Å². The Morgan fingerprint density at radius 2 is 1.91 bits per heavy atom. The largest absolute Gasteiger partial charge is 0.480 e. The van der Waals surface area contributed by atoms with E-state index in [2.05, 4.69) is 46.5 Å². The first kappa shape index (κ1) is 16.0. The molecule has 0 amide bonds. The van der Waals surface area contributed by atoms with Crippen molar-refractivity contribution in [3.63, 3.8) is 0 Å². The highest BCUT2D eigenvalue weighted by Crippen LogP contribution is 2.41. The van der Waals surface area contributed by atoms with Crippen LogP contribution in [0.5, 0.6) is 0 Å². The number of carboxylic acids is 1. The first-order valence-corrected chi connectivity index (χ1v) is 8.80. The molecule has 0 atom stereocenters. The van der Waals surface area contributed by atoms with Crippen molar-refractivity contribution in [2.24, 2.45) is 0 Å². The standard InChI is InChI=1S/C17H16N2O2S2/c1-10-4-6-11(7-5-10)12-8-22-14-13(12)15(19-9-18-14)23-17(2,3)16(20)21/h4-9H,1-3H3,(H,20,21). The smallest absolute Gasteiger partial charge is 0.319 e. The van der Waals surface area contributed by atoms with Crippen LogP contribution in [0.4, 0.5) is 0 Å². The molecule has 0 bridgehead atoms. The Morgan fingerprint density at radius 1 is 1.22 bits per heavy atom. The first-order chi connectivity index (χ1) is 10.9. The van der Waals surface area contributed by atoms with Crippen LogP contribution in [0.3, 0.4) is 0 Å². The van der Waals surface area contributed by atoms with Crippen LogP contribution in [-0.2, 0) is 4.79 Å². The normalized spacial score (nSPS) is 11.8. The Hall–Kier alpha value is -1.92. The summed E-state index contributed by atoms with van der Waals surface area (Å²) in [6, 6.07) is 8.27. The number of carboxylic acid groups (broad SMARTS) is 1. The second kappa shape index (κ2) is 5.94. The molecule has 1 N–H and O–H groups in total. The highest BCUT2D eigenvalue weighted by Gasteiger charge is 2.30. The van der Waals surface area contributed by atoms with Gasteiger partial charge in [0.15, 0.2) is 0 Å². The molecule has 0 unspecified atom stereocenters. The Morgan fingerprint density at radius 3 is 2.57 bits per heavy atom. The lowest BCUT2D eigenvalue weighted by atomic mass is 10.1. The number of hydrogen-bond donors (Lipinski definition) is 1. The first-order valence-electron chi connectivity index (χ1n) is 7.10. The lowest BCUT2D eigenvalue weighted by Crippen LogP contribution is -2.27. The number of hydrogen-bond acceptors (Lipinski definition) is 5. The summed E-state index contributed by atoms with van der Waals surface area (Å²) < 4.78 is -0.951. The van der Waals surface area contributed by atoms with Crippen molar-refractivity contribution in [1.29, 1.82) is 0 Å². The summed E-state index contributed by atoms with van der Waals surface area (Å²) >= 11 is 2.81. The lowest BCUT2D eigenvalue weighted by Gasteiger charge is -2.18. The molecule has 2 heterocycles. The number of aliphatic carboxylic acids is 1. The van der Waals surface area contributed by atoms with Crippen molar-refractivity contribution < 1.29 is 9.90 Å². The van der Waals surface area contributed by atoms with E-state index in [1.807, 2.05) is 0 Å². The van der Waals surface area contributed by atoms with Crippen LogP contribution in [0, 0.1) is 6.92 Å². The maximum Gasteiger partial charge on any atom is 0.319 e. The third-order valence-electron chi connectivity index (χ3n) is 3.56. The number of aryl methyl sites for hydroxylation is 1. The minimum atomic E-state index is -0.951. The van der Waals surface area contributed by atoms with Crippen LogP contribution >= 0.6 is 23.1 Å². The Kier molecular flexibility index (Phi) is 4.12. The van der Waals surface area contributed by atoms with Crippen molar-refractivity contribution >= 4 is 39.3 Å². The second-order valence-corrected chi connectivity index (χ2v) is 8.26. The lowest BCUT2D eigenvalue weighted by molar-refractivity contribution is -0.138. The van der Waals surface area contributed by atoms with Crippen LogP contribution in [0.2, 0.25) is 0 Å². The van der Waals surface area contributed by atoms with Crippen LogP contribution in [0.1, 0.15) is 19.4 Å².